The second-order valence-corrected chi connectivity index (χ2v) is 4.22. The van der Waals surface area contributed by atoms with Crippen LogP contribution in [0.1, 0.15) is 19.3 Å². The Labute approximate surface area is 84.9 Å². The van der Waals surface area contributed by atoms with E-state index in [1.54, 1.807) is 0 Å². The number of nitrogens with one attached hydrogen (secondary N) is 1. The van der Waals surface area contributed by atoms with Gasteiger partial charge in [0, 0.05) is 19.1 Å². The van der Waals surface area contributed by atoms with Gasteiger partial charge in [-0.05, 0) is 31.4 Å². The van der Waals surface area contributed by atoms with Crippen LogP contribution in [0, 0.1) is 0 Å². The van der Waals surface area contributed by atoms with E-state index in [1.807, 2.05) is 0 Å². The Hall–Kier alpha value is -1.18. The quantitative estimate of drug-likeness (QED) is 0.673. The molecule has 0 saturated carbocycles. The van der Waals surface area contributed by atoms with E-state index in [-0.39, 0.29) is 0 Å². The van der Waals surface area contributed by atoms with Gasteiger partial charge in [-0.3, -0.25) is 0 Å². The van der Waals surface area contributed by atoms with Gasteiger partial charge in [-0.2, -0.15) is 0 Å². The Bertz CT molecular complexity index is 335. The predicted molar refractivity (Wildman–Crippen MR) is 59.9 cm³/mol. The van der Waals surface area contributed by atoms with Crippen molar-refractivity contribution in [1.82, 2.24) is 0 Å². The highest BCUT2D eigenvalue weighted by Crippen LogP contribution is 2.35. The molecule has 0 radical (unpaired) electrons. The molecule has 1 N–H and O–H groups in total. The molecule has 2 nitrogen and oxygen atoms in total. The van der Waals surface area contributed by atoms with Crippen LogP contribution in [0.15, 0.2) is 24.3 Å². The standard InChI is InChI=1S/C12H16N2/c1-2-6-12-11(5-1)13-8-7-10-4-3-9-14(10)12/h1-2,5-6,10,13H,3-4,7-9H2/t10-/m1/s1. The van der Waals surface area contributed by atoms with Crippen LogP contribution < -0.4 is 10.2 Å². The van der Waals surface area contributed by atoms with Crippen LogP contribution in [0.2, 0.25) is 0 Å². The molecule has 1 aromatic carbocycles. The molecule has 2 heterocycles. The van der Waals surface area contributed by atoms with Crippen molar-refractivity contribution in [2.45, 2.75) is 25.3 Å². The fraction of sp³-hybridized carbons (Fsp3) is 0.500. The molecule has 1 saturated heterocycles. The van der Waals surface area contributed by atoms with Gasteiger partial charge in [0.1, 0.15) is 0 Å². The maximum Gasteiger partial charge on any atom is 0.0604 e. The summed E-state index contributed by atoms with van der Waals surface area (Å²) in [5.74, 6) is 0. The van der Waals surface area contributed by atoms with E-state index in [1.165, 1.54) is 37.2 Å². The summed E-state index contributed by atoms with van der Waals surface area (Å²) in [6, 6.07) is 9.47. The van der Waals surface area contributed by atoms with E-state index in [0.29, 0.717) is 0 Å². The van der Waals surface area contributed by atoms with Crippen LogP contribution in [0.4, 0.5) is 11.4 Å². The van der Waals surface area contributed by atoms with Crippen molar-refractivity contribution in [1.29, 1.82) is 0 Å². The number of nitrogens with zero attached hydrogens (tertiary/aromatic N) is 1. The lowest BCUT2D eigenvalue weighted by molar-refractivity contribution is 0.638. The minimum atomic E-state index is 0.783. The molecular formula is C12H16N2. The zero-order valence-corrected chi connectivity index (χ0v) is 8.37. The van der Waals surface area contributed by atoms with Gasteiger partial charge in [0.25, 0.3) is 0 Å². The minimum absolute atomic E-state index is 0.783. The lowest BCUT2D eigenvalue weighted by Gasteiger charge is -2.25. The summed E-state index contributed by atoms with van der Waals surface area (Å²) in [5.41, 5.74) is 2.73. The smallest absolute Gasteiger partial charge is 0.0604 e. The number of benzene rings is 1. The van der Waals surface area contributed by atoms with Crippen molar-refractivity contribution in [2.75, 3.05) is 23.3 Å². The van der Waals surface area contributed by atoms with Crippen molar-refractivity contribution in [3.05, 3.63) is 24.3 Å². The van der Waals surface area contributed by atoms with Gasteiger partial charge in [-0.15, -0.1) is 0 Å². The summed E-state index contributed by atoms with van der Waals surface area (Å²) in [4.78, 5) is 2.58. The first-order valence-corrected chi connectivity index (χ1v) is 5.55. The molecule has 0 spiro atoms. The zero-order valence-electron chi connectivity index (χ0n) is 8.37. The van der Waals surface area contributed by atoms with E-state index in [4.69, 9.17) is 0 Å². The van der Waals surface area contributed by atoms with E-state index in [0.717, 1.165) is 12.6 Å². The molecular weight excluding hydrogens is 172 g/mol. The van der Waals surface area contributed by atoms with E-state index < -0.39 is 0 Å². The molecule has 74 valence electrons. The number of fused-ring (bicyclic) bond motifs is 3. The summed E-state index contributed by atoms with van der Waals surface area (Å²) in [7, 11) is 0. The Morgan fingerprint density at radius 3 is 3.14 bits per heavy atom. The highest BCUT2D eigenvalue weighted by molar-refractivity contribution is 5.71. The average Bonchev–Trinajstić information content (AvgIpc) is 2.61. The molecule has 0 aliphatic carbocycles. The van der Waals surface area contributed by atoms with Gasteiger partial charge in [0.15, 0.2) is 0 Å². The first-order valence-electron chi connectivity index (χ1n) is 5.55. The molecule has 0 amide bonds. The molecule has 2 aliphatic rings. The maximum absolute atomic E-state index is 3.51. The largest absolute Gasteiger partial charge is 0.383 e. The normalized spacial score (nSPS) is 24.9. The molecule has 3 rings (SSSR count). The first kappa shape index (κ1) is 8.16. The Morgan fingerprint density at radius 2 is 2.14 bits per heavy atom. The van der Waals surface area contributed by atoms with E-state index in [2.05, 4.69) is 34.5 Å². The van der Waals surface area contributed by atoms with E-state index in [9.17, 15) is 0 Å². The molecule has 1 atom stereocenters. The molecule has 1 aromatic rings. The third-order valence-corrected chi connectivity index (χ3v) is 3.38. The number of rotatable bonds is 0. The molecule has 0 bridgehead atoms. The van der Waals surface area contributed by atoms with Crippen molar-refractivity contribution in [3.8, 4) is 0 Å². The number of hydrogen-bond donors (Lipinski definition) is 1. The molecule has 0 aromatic heterocycles. The number of para-hydroxylation sites is 2. The Morgan fingerprint density at radius 1 is 1.21 bits per heavy atom. The van der Waals surface area contributed by atoms with Crippen molar-refractivity contribution < 1.29 is 0 Å². The molecule has 2 aliphatic heterocycles. The van der Waals surface area contributed by atoms with Crippen LogP contribution >= 0.6 is 0 Å². The zero-order chi connectivity index (χ0) is 9.38. The van der Waals surface area contributed by atoms with Gasteiger partial charge in [0.2, 0.25) is 0 Å². The van der Waals surface area contributed by atoms with Gasteiger partial charge >= 0.3 is 0 Å². The predicted octanol–water partition coefficient (Wildman–Crippen LogP) is 2.47. The SMILES string of the molecule is c1ccc2c(c1)NCC[C@H]1CCCN21. The Balaban J connectivity index is 2.04. The minimum Gasteiger partial charge on any atom is -0.383 e. The summed E-state index contributed by atoms with van der Waals surface area (Å²) in [6.45, 7) is 2.36. The third-order valence-electron chi connectivity index (χ3n) is 3.38. The van der Waals surface area contributed by atoms with Crippen LogP contribution in [0.3, 0.4) is 0 Å². The van der Waals surface area contributed by atoms with Gasteiger partial charge in [-0.25, -0.2) is 0 Å². The van der Waals surface area contributed by atoms with E-state index >= 15 is 0 Å². The number of anilines is 2. The maximum atomic E-state index is 3.51. The van der Waals surface area contributed by atoms with Crippen LogP contribution in [0.5, 0.6) is 0 Å². The molecule has 0 unspecified atom stereocenters. The Kier molecular flexibility index (Phi) is 1.86. The summed E-state index contributed by atoms with van der Waals surface area (Å²) in [5, 5.41) is 3.51. The summed E-state index contributed by atoms with van der Waals surface area (Å²) < 4.78 is 0. The lowest BCUT2D eigenvalue weighted by atomic mass is 10.1. The highest BCUT2D eigenvalue weighted by Gasteiger charge is 2.27. The summed E-state index contributed by atoms with van der Waals surface area (Å²) >= 11 is 0. The van der Waals surface area contributed by atoms with Crippen LogP contribution in [-0.2, 0) is 0 Å². The number of hydrogen-bond acceptors (Lipinski definition) is 2. The summed E-state index contributed by atoms with van der Waals surface area (Å²) in [6.07, 6.45) is 4.02. The first-order chi connectivity index (χ1) is 6.95. The van der Waals surface area contributed by atoms with Crippen molar-refractivity contribution >= 4 is 11.4 Å². The second-order valence-electron chi connectivity index (χ2n) is 4.22. The van der Waals surface area contributed by atoms with Gasteiger partial charge < -0.3 is 10.2 Å². The highest BCUT2D eigenvalue weighted by atomic mass is 15.2. The topological polar surface area (TPSA) is 15.3 Å². The molecule has 1 fully saturated rings. The fourth-order valence-corrected chi connectivity index (χ4v) is 2.70. The van der Waals surface area contributed by atoms with Crippen molar-refractivity contribution in [2.24, 2.45) is 0 Å². The van der Waals surface area contributed by atoms with Crippen molar-refractivity contribution in [3.63, 3.8) is 0 Å². The fourth-order valence-electron chi connectivity index (χ4n) is 2.70. The second kappa shape index (κ2) is 3.19. The lowest BCUT2D eigenvalue weighted by Crippen LogP contribution is -2.28. The monoisotopic (exact) mass is 188 g/mol. The van der Waals surface area contributed by atoms with Gasteiger partial charge in [-0.1, -0.05) is 12.1 Å². The third kappa shape index (κ3) is 1.17. The molecule has 14 heavy (non-hydrogen) atoms. The van der Waals surface area contributed by atoms with Gasteiger partial charge in [0.05, 0.1) is 11.4 Å². The molecule has 2 heteroatoms. The van der Waals surface area contributed by atoms with Crippen LogP contribution in [0.25, 0.3) is 0 Å². The average molecular weight is 188 g/mol. The van der Waals surface area contributed by atoms with Crippen LogP contribution in [-0.4, -0.2) is 19.1 Å².